The van der Waals surface area contributed by atoms with E-state index in [-0.39, 0.29) is 5.82 Å². The fourth-order valence-corrected chi connectivity index (χ4v) is 1.20. The molecule has 1 aromatic rings. The highest BCUT2D eigenvalue weighted by atomic mass is 19.1. The fourth-order valence-electron chi connectivity index (χ4n) is 1.20. The molecule has 0 saturated heterocycles. The summed E-state index contributed by atoms with van der Waals surface area (Å²) in [5.41, 5.74) is 6.30. The van der Waals surface area contributed by atoms with Crippen molar-refractivity contribution in [1.82, 2.24) is 0 Å². The van der Waals surface area contributed by atoms with E-state index in [4.69, 9.17) is 10.5 Å². The van der Waals surface area contributed by atoms with Gasteiger partial charge in [-0.25, -0.2) is 4.39 Å². The van der Waals surface area contributed by atoms with Crippen LogP contribution in [-0.4, -0.2) is 13.7 Å². The van der Waals surface area contributed by atoms with Gasteiger partial charge in [-0.15, -0.1) is 0 Å². The smallest absolute Gasteiger partial charge is 0.148 e. The predicted octanol–water partition coefficient (Wildman–Crippen LogP) is 2.48. The normalized spacial score (nSPS) is 10.5. The lowest BCUT2D eigenvalue weighted by Crippen LogP contribution is -2.09. The van der Waals surface area contributed by atoms with Crippen LogP contribution in [0.1, 0.15) is 13.8 Å². The second-order valence-corrected chi connectivity index (χ2v) is 3.85. The van der Waals surface area contributed by atoms with Crippen molar-refractivity contribution in [1.29, 1.82) is 0 Å². The van der Waals surface area contributed by atoms with Gasteiger partial charge in [-0.1, -0.05) is 13.8 Å². The Morgan fingerprint density at radius 1 is 1.47 bits per heavy atom. The minimum absolute atomic E-state index is 0.310. The Morgan fingerprint density at radius 3 is 2.67 bits per heavy atom. The van der Waals surface area contributed by atoms with Crippen LogP contribution in [0.15, 0.2) is 12.1 Å². The Bertz CT molecular complexity index is 340. The molecular weight excluding hydrogens is 195 g/mol. The van der Waals surface area contributed by atoms with Crippen LogP contribution in [0.3, 0.4) is 0 Å². The zero-order valence-electron chi connectivity index (χ0n) is 9.30. The molecule has 3 N–H and O–H groups in total. The molecule has 0 aliphatic rings. The van der Waals surface area contributed by atoms with Crippen LogP contribution >= 0.6 is 0 Å². The molecule has 0 aliphatic carbocycles. The van der Waals surface area contributed by atoms with Gasteiger partial charge >= 0.3 is 0 Å². The van der Waals surface area contributed by atoms with Gasteiger partial charge in [-0.05, 0) is 5.92 Å². The lowest BCUT2D eigenvalue weighted by Gasteiger charge is -2.12. The molecular formula is C11H17FN2O. The molecule has 0 radical (unpaired) electrons. The van der Waals surface area contributed by atoms with Gasteiger partial charge in [0.15, 0.2) is 0 Å². The third-order valence-electron chi connectivity index (χ3n) is 2.02. The first-order valence-electron chi connectivity index (χ1n) is 4.91. The predicted molar refractivity (Wildman–Crippen MR) is 60.7 cm³/mol. The number of anilines is 2. The summed E-state index contributed by atoms with van der Waals surface area (Å²) in [6.45, 7) is 4.82. The van der Waals surface area contributed by atoms with E-state index >= 15 is 0 Å². The Kier molecular flexibility index (Phi) is 3.77. The highest BCUT2D eigenvalue weighted by Crippen LogP contribution is 2.28. The monoisotopic (exact) mass is 212 g/mol. The SMILES string of the molecule is COc1cc(NCC(C)C)c(F)cc1N. The van der Waals surface area contributed by atoms with E-state index in [0.29, 0.717) is 29.6 Å². The van der Waals surface area contributed by atoms with E-state index in [9.17, 15) is 4.39 Å². The molecule has 3 nitrogen and oxygen atoms in total. The molecule has 0 aliphatic heterocycles. The number of benzene rings is 1. The van der Waals surface area contributed by atoms with Gasteiger partial charge in [0.25, 0.3) is 0 Å². The number of hydrogen-bond donors (Lipinski definition) is 2. The average Bonchev–Trinajstić information content (AvgIpc) is 2.16. The second-order valence-electron chi connectivity index (χ2n) is 3.85. The number of rotatable bonds is 4. The molecule has 0 fully saturated rings. The van der Waals surface area contributed by atoms with Crippen LogP contribution in [0.4, 0.5) is 15.8 Å². The minimum Gasteiger partial charge on any atom is -0.495 e. The van der Waals surface area contributed by atoms with Crippen molar-refractivity contribution in [3.05, 3.63) is 17.9 Å². The van der Waals surface area contributed by atoms with Gasteiger partial charge in [0.1, 0.15) is 11.6 Å². The number of nitrogens with two attached hydrogens (primary N) is 1. The lowest BCUT2D eigenvalue weighted by atomic mass is 10.2. The molecule has 0 aromatic heterocycles. The van der Waals surface area contributed by atoms with Crippen LogP contribution < -0.4 is 15.8 Å². The van der Waals surface area contributed by atoms with Gasteiger partial charge in [0.2, 0.25) is 0 Å². The minimum atomic E-state index is -0.353. The first-order chi connectivity index (χ1) is 7.04. The molecule has 0 amide bonds. The maximum atomic E-state index is 13.4. The topological polar surface area (TPSA) is 47.3 Å². The first-order valence-corrected chi connectivity index (χ1v) is 4.91. The maximum Gasteiger partial charge on any atom is 0.148 e. The van der Waals surface area contributed by atoms with E-state index in [1.807, 2.05) is 0 Å². The maximum absolute atomic E-state index is 13.4. The van der Waals surface area contributed by atoms with Gasteiger partial charge in [0, 0.05) is 18.7 Å². The number of ether oxygens (including phenoxy) is 1. The summed E-state index contributed by atoms with van der Waals surface area (Å²) in [7, 11) is 1.51. The van der Waals surface area contributed by atoms with Crippen LogP contribution in [0.25, 0.3) is 0 Å². The van der Waals surface area contributed by atoms with Gasteiger partial charge < -0.3 is 15.8 Å². The number of halogens is 1. The molecule has 15 heavy (non-hydrogen) atoms. The van der Waals surface area contributed by atoms with Crippen molar-refractivity contribution < 1.29 is 9.13 Å². The first kappa shape index (κ1) is 11.6. The van der Waals surface area contributed by atoms with Crippen molar-refractivity contribution in [3.8, 4) is 5.75 Å². The summed E-state index contributed by atoms with van der Waals surface area (Å²) < 4.78 is 18.4. The zero-order chi connectivity index (χ0) is 11.4. The van der Waals surface area contributed by atoms with Gasteiger partial charge in [-0.3, -0.25) is 0 Å². The highest BCUT2D eigenvalue weighted by Gasteiger charge is 2.08. The van der Waals surface area contributed by atoms with Crippen LogP contribution in [0.2, 0.25) is 0 Å². The summed E-state index contributed by atoms with van der Waals surface area (Å²) in [6, 6.07) is 2.84. The Hall–Kier alpha value is -1.45. The summed E-state index contributed by atoms with van der Waals surface area (Å²) in [4.78, 5) is 0. The largest absolute Gasteiger partial charge is 0.495 e. The molecule has 0 atom stereocenters. The van der Waals surface area contributed by atoms with E-state index in [2.05, 4.69) is 19.2 Å². The molecule has 0 bridgehead atoms. The van der Waals surface area contributed by atoms with E-state index in [1.54, 1.807) is 6.07 Å². The molecule has 1 rings (SSSR count). The third kappa shape index (κ3) is 3.01. The van der Waals surface area contributed by atoms with E-state index in [1.165, 1.54) is 13.2 Å². The lowest BCUT2D eigenvalue weighted by molar-refractivity contribution is 0.416. The van der Waals surface area contributed by atoms with Crippen LogP contribution in [0, 0.1) is 11.7 Å². The molecule has 0 heterocycles. The Morgan fingerprint density at radius 2 is 2.13 bits per heavy atom. The second kappa shape index (κ2) is 4.87. The van der Waals surface area contributed by atoms with Crippen LogP contribution in [0.5, 0.6) is 5.75 Å². The van der Waals surface area contributed by atoms with Crippen molar-refractivity contribution in [3.63, 3.8) is 0 Å². The Labute approximate surface area is 89.4 Å². The number of methoxy groups -OCH3 is 1. The van der Waals surface area contributed by atoms with Gasteiger partial charge in [0.05, 0.1) is 18.5 Å². The summed E-state index contributed by atoms with van der Waals surface area (Å²) in [5, 5.41) is 3.00. The van der Waals surface area contributed by atoms with Crippen molar-refractivity contribution in [2.75, 3.05) is 24.7 Å². The number of hydrogen-bond acceptors (Lipinski definition) is 3. The molecule has 1 aromatic carbocycles. The molecule has 0 spiro atoms. The number of nitrogen functional groups attached to an aromatic ring is 1. The highest BCUT2D eigenvalue weighted by molar-refractivity contribution is 5.62. The summed E-state index contributed by atoms with van der Waals surface area (Å²) in [5.74, 6) is 0.588. The van der Waals surface area contributed by atoms with Crippen LogP contribution in [-0.2, 0) is 0 Å². The van der Waals surface area contributed by atoms with Crippen molar-refractivity contribution in [2.45, 2.75) is 13.8 Å². The number of nitrogens with one attached hydrogen (secondary N) is 1. The van der Waals surface area contributed by atoms with E-state index in [0.717, 1.165) is 0 Å². The molecule has 0 unspecified atom stereocenters. The molecule has 0 saturated carbocycles. The standard InChI is InChI=1S/C11H17FN2O/c1-7(2)6-14-10-5-11(15-3)9(13)4-8(10)12/h4-5,7,14H,6,13H2,1-3H3. The zero-order valence-corrected chi connectivity index (χ0v) is 9.30. The third-order valence-corrected chi connectivity index (χ3v) is 2.02. The van der Waals surface area contributed by atoms with E-state index < -0.39 is 0 Å². The molecule has 4 heteroatoms. The van der Waals surface area contributed by atoms with Gasteiger partial charge in [-0.2, -0.15) is 0 Å². The summed E-state index contributed by atoms with van der Waals surface area (Å²) in [6.07, 6.45) is 0. The Balaban J connectivity index is 2.87. The summed E-state index contributed by atoms with van der Waals surface area (Å²) >= 11 is 0. The quantitative estimate of drug-likeness (QED) is 0.754. The average molecular weight is 212 g/mol. The fraction of sp³-hybridized carbons (Fsp3) is 0.455. The van der Waals surface area contributed by atoms with Crippen molar-refractivity contribution >= 4 is 11.4 Å². The van der Waals surface area contributed by atoms with Crippen molar-refractivity contribution in [2.24, 2.45) is 5.92 Å². The molecule has 84 valence electrons.